The number of imidazole rings is 1. The summed E-state index contributed by atoms with van der Waals surface area (Å²) in [4.78, 5) is 9.08. The van der Waals surface area contributed by atoms with Gasteiger partial charge in [-0.3, -0.25) is 4.57 Å². The zero-order valence-electron chi connectivity index (χ0n) is 18.0. The Morgan fingerprint density at radius 2 is 1.24 bits per heavy atom. The molecule has 0 bridgehead atoms. The molecule has 0 aliphatic heterocycles. The topological polar surface area (TPSA) is 49.2 Å². The van der Waals surface area contributed by atoms with E-state index in [0.717, 1.165) is 28.1 Å². The molecule has 0 atom stereocenters. The molecule has 0 spiro atoms. The van der Waals surface area contributed by atoms with Gasteiger partial charge in [0.2, 0.25) is 11.8 Å². The van der Waals surface area contributed by atoms with Crippen LogP contribution >= 0.6 is 0 Å². The number of aromatic nitrogens is 3. The number of ether oxygens (including phenoxy) is 2. The van der Waals surface area contributed by atoms with E-state index in [9.17, 15) is 0 Å². The number of hydrogen-bond donors (Lipinski definition) is 0. The molecule has 5 nitrogen and oxygen atoms in total. The summed E-state index contributed by atoms with van der Waals surface area (Å²) in [6.45, 7) is 0.837. The van der Waals surface area contributed by atoms with E-state index in [1.807, 2.05) is 102 Å². The minimum absolute atomic E-state index is 0.401. The summed E-state index contributed by atoms with van der Waals surface area (Å²) in [5.41, 5.74) is 4.97. The lowest BCUT2D eigenvalue weighted by Gasteiger charge is -2.15. The van der Waals surface area contributed by atoms with Gasteiger partial charge in [-0.2, -0.15) is 4.98 Å². The van der Waals surface area contributed by atoms with Gasteiger partial charge in [-0.15, -0.1) is 0 Å². The lowest BCUT2D eigenvalue weighted by atomic mass is 10.1. The Hall–Kier alpha value is -4.38. The van der Waals surface area contributed by atoms with Crippen LogP contribution in [0.3, 0.4) is 0 Å². The van der Waals surface area contributed by atoms with Crippen LogP contribution in [0.15, 0.2) is 116 Å². The van der Waals surface area contributed by atoms with Crippen LogP contribution in [-0.4, -0.2) is 14.5 Å². The second-order valence-electron chi connectivity index (χ2n) is 7.54. The summed E-state index contributed by atoms with van der Waals surface area (Å²) in [5, 5.41) is 0. The Kier molecular flexibility index (Phi) is 6.11. The molecule has 162 valence electrons. The third kappa shape index (κ3) is 4.93. The maximum atomic E-state index is 6.19. The Bertz CT molecular complexity index is 1300. The van der Waals surface area contributed by atoms with Crippen LogP contribution in [-0.2, 0) is 13.2 Å². The molecule has 0 saturated carbocycles. The normalized spacial score (nSPS) is 10.7. The van der Waals surface area contributed by atoms with E-state index in [2.05, 4.69) is 17.1 Å². The van der Waals surface area contributed by atoms with Crippen molar-refractivity contribution in [3.63, 3.8) is 0 Å². The van der Waals surface area contributed by atoms with Crippen molar-refractivity contribution in [3.05, 3.63) is 127 Å². The van der Waals surface area contributed by atoms with E-state index in [0.29, 0.717) is 25.0 Å². The van der Waals surface area contributed by atoms with Gasteiger partial charge in [-0.05, 0) is 17.2 Å². The predicted molar refractivity (Wildman–Crippen MR) is 128 cm³/mol. The maximum Gasteiger partial charge on any atom is 0.242 e. The van der Waals surface area contributed by atoms with Crippen molar-refractivity contribution in [2.45, 2.75) is 13.2 Å². The molecule has 33 heavy (non-hydrogen) atoms. The molecule has 2 aromatic heterocycles. The largest absolute Gasteiger partial charge is 0.473 e. The van der Waals surface area contributed by atoms with Crippen molar-refractivity contribution in [2.75, 3.05) is 0 Å². The predicted octanol–water partition coefficient (Wildman–Crippen LogP) is 6.09. The van der Waals surface area contributed by atoms with Crippen LogP contribution in [0.2, 0.25) is 0 Å². The quantitative estimate of drug-likeness (QED) is 0.297. The first-order valence-electron chi connectivity index (χ1n) is 10.8. The smallest absolute Gasteiger partial charge is 0.242 e. The molecule has 0 N–H and O–H groups in total. The van der Waals surface area contributed by atoms with Gasteiger partial charge in [0.25, 0.3) is 0 Å². The first-order valence-corrected chi connectivity index (χ1v) is 10.8. The summed E-state index contributed by atoms with van der Waals surface area (Å²) >= 11 is 0. The second kappa shape index (κ2) is 9.83. The molecule has 0 aliphatic carbocycles. The third-order valence-corrected chi connectivity index (χ3v) is 5.23. The van der Waals surface area contributed by atoms with Crippen molar-refractivity contribution >= 4 is 0 Å². The highest BCUT2D eigenvalue weighted by atomic mass is 16.5. The first-order chi connectivity index (χ1) is 16.4. The van der Waals surface area contributed by atoms with Crippen molar-refractivity contribution < 1.29 is 9.47 Å². The fraction of sp³-hybridized carbons (Fsp3) is 0.0714. The number of pyridine rings is 1. The van der Waals surface area contributed by atoms with Gasteiger partial charge in [-0.25, -0.2) is 4.98 Å². The Morgan fingerprint density at radius 1 is 0.636 bits per heavy atom. The summed E-state index contributed by atoms with van der Waals surface area (Å²) < 4.78 is 14.1. The molecule has 0 saturated heterocycles. The van der Waals surface area contributed by atoms with Crippen LogP contribution in [0, 0.1) is 0 Å². The van der Waals surface area contributed by atoms with Crippen LogP contribution in [0.5, 0.6) is 11.8 Å². The molecule has 3 aromatic carbocycles. The van der Waals surface area contributed by atoms with Crippen LogP contribution in [0.4, 0.5) is 0 Å². The fourth-order valence-electron chi connectivity index (χ4n) is 3.55. The monoisotopic (exact) mass is 433 g/mol. The van der Waals surface area contributed by atoms with Crippen molar-refractivity contribution in [1.29, 1.82) is 0 Å². The first kappa shape index (κ1) is 20.5. The lowest BCUT2D eigenvalue weighted by molar-refractivity contribution is 0.267. The molecule has 0 radical (unpaired) electrons. The van der Waals surface area contributed by atoms with E-state index < -0.39 is 0 Å². The number of hydrogen-bond acceptors (Lipinski definition) is 4. The zero-order valence-corrected chi connectivity index (χ0v) is 18.0. The maximum absolute atomic E-state index is 6.19. The summed E-state index contributed by atoms with van der Waals surface area (Å²) in [6, 6.07) is 34.0. The van der Waals surface area contributed by atoms with Crippen molar-refractivity contribution in [1.82, 2.24) is 14.5 Å². The van der Waals surface area contributed by atoms with Gasteiger partial charge in [0.05, 0.1) is 18.2 Å². The fourth-order valence-corrected chi connectivity index (χ4v) is 3.55. The molecule has 0 amide bonds. The van der Waals surface area contributed by atoms with Gasteiger partial charge >= 0.3 is 0 Å². The number of nitrogens with zero attached hydrogens (tertiary/aromatic N) is 3. The summed E-state index contributed by atoms with van der Waals surface area (Å²) in [5.74, 6) is 0.992. The molecule has 2 heterocycles. The number of rotatable bonds is 8. The molecule has 5 rings (SSSR count). The SMILES string of the molecule is c1ccc(COc2ccc(-n3cncc3-c3ccccc3)c(OCc3ccccc3)n2)cc1. The van der Waals surface area contributed by atoms with Gasteiger partial charge in [-0.1, -0.05) is 91.0 Å². The highest BCUT2D eigenvalue weighted by Gasteiger charge is 2.15. The highest BCUT2D eigenvalue weighted by molar-refractivity contribution is 5.63. The molecule has 5 heteroatoms. The summed E-state index contributed by atoms with van der Waals surface area (Å²) in [7, 11) is 0. The Labute approximate surface area is 192 Å². The third-order valence-electron chi connectivity index (χ3n) is 5.23. The molecule has 0 fully saturated rings. The van der Waals surface area contributed by atoms with Gasteiger partial charge < -0.3 is 9.47 Å². The van der Waals surface area contributed by atoms with E-state index in [1.54, 1.807) is 6.33 Å². The van der Waals surface area contributed by atoms with Gasteiger partial charge in [0.15, 0.2) is 0 Å². The van der Waals surface area contributed by atoms with E-state index in [4.69, 9.17) is 14.5 Å². The number of benzene rings is 3. The average molecular weight is 434 g/mol. The summed E-state index contributed by atoms with van der Waals surface area (Å²) in [6.07, 6.45) is 3.62. The van der Waals surface area contributed by atoms with Crippen molar-refractivity contribution in [2.24, 2.45) is 0 Å². The highest BCUT2D eigenvalue weighted by Crippen LogP contribution is 2.30. The minimum Gasteiger partial charge on any atom is -0.473 e. The van der Waals surface area contributed by atoms with Crippen LogP contribution in [0.25, 0.3) is 16.9 Å². The zero-order chi connectivity index (χ0) is 22.3. The molecular formula is C28H23N3O2. The van der Waals surface area contributed by atoms with Gasteiger partial charge in [0, 0.05) is 11.6 Å². The van der Waals surface area contributed by atoms with Crippen LogP contribution < -0.4 is 9.47 Å². The van der Waals surface area contributed by atoms with E-state index >= 15 is 0 Å². The molecular weight excluding hydrogens is 410 g/mol. The van der Waals surface area contributed by atoms with E-state index in [1.165, 1.54) is 0 Å². The molecule has 0 aliphatic rings. The molecule has 0 unspecified atom stereocenters. The molecule has 5 aromatic rings. The van der Waals surface area contributed by atoms with Crippen LogP contribution in [0.1, 0.15) is 11.1 Å². The lowest BCUT2D eigenvalue weighted by Crippen LogP contribution is -2.06. The van der Waals surface area contributed by atoms with E-state index in [-0.39, 0.29) is 0 Å². The second-order valence-corrected chi connectivity index (χ2v) is 7.54. The Balaban J connectivity index is 1.47. The Morgan fingerprint density at radius 3 is 1.91 bits per heavy atom. The average Bonchev–Trinajstić information content (AvgIpc) is 3.38. The van der Waals surface area contributed by atoms with Crippen molar-refractivity contribution in [3.8, 4) is 28.7 Å². The standard InChI is InChI=1S/C28H23N3O2/c1-4-10-22(11-5-1)19-32-27-17-16-25(28(30-27)33-20-23-12-6-2-7-13-23)31-21-29-18-26(31)24-14-8-3-9-15-24/h1-18,21H,19-20H2. The van der Waals surface area contributed by atoms with Gasteiger partial charge in [0.1, 0.15) is 18.9 Å². The minimum atomic E-state index is 0.401.